The van der Waals surface area contributed by atoms with Gasteiger partial charge in [-0.2, -0.15) is 0 Å². The highest BCUT2D eigenvalue weighted by Crippen LogP contribution is 1.99. The number of nitrogens with zero attached hydrogens (tertiary/aromatic N) is 1. The molecule has 24 heavy (non-hydrogen) atoms. The van der Waals surface area contributed by atoms with E-state index in [-0.39, 0.29) is 11.8 Å². The molecule has 8 heteroatoms. The summed E-state index contributed by atoms with van der Waals surface area (Å²) in [5, 5.41) is 5.70. The summed E-state index contributed by atoms with van der Waals surface area (Å²) in [6.45, 7) is 5.19. The summed E-state index contributed by atoms with van der Waals surface area (Å²) < 4.78 is 0. The van der Waals surface area contributed by atoms with Gasteiger partial charge in [-0.05, 0) is 51.9 Å². The molecule has 142 valence electrons. The van der Waals surface area contributed by atoms with Crippen molar-refractivity contribution < 1.29 is 9.59 Å². The van der Waals surface area contributed by atoms with Gasteiger partial charge in [0, 0.05) is 39.0 Å². The highest BCUT2D eigenvalue weighted by molar-refractivity contribution is 5.76. The average molecular weight is 345 g/mol. The highest BCUT2D eigenvalue weighted by atomic mass is 16.2. The molecule has 0 saturated carbocycles. The molecule has 0 saturated heterocycles. The maximum Gasteiger partial charge on any atom is 0.221 e. The first-order valence-electron chi connectivity index (χ1n) is 9.00. The van der Waals surface area contributed by atoms with E-state index < -0.39 is 0 Å². The second-order valence-corrected chi connectivity index (χ2v) is 5.82. The normalized spacial score (nSPS) is 10.8. The lowest BCUT2D eigenvalue weighted by Crippen LogP contribution is -2.35. The van der Waals surface area contributed by atoms with Crippen molar-refractivity contribution in [2.75, 3.05) is 52.4 Å². The first-order chi connectivity index (χ1) is 11.6. The van der Waals surface area contributed by atoms with Crippen LogP contribution in [-0.4, -0.2) is 69.1 Å². The third-order valence-electron chi connectivity index (χ3n) is 3.64. The second-order valence-electron chi connectivity index (χ2n) is 5.82. The molecule has 0 aromatic carbocycles. The number of rotatable bonds is 16. The Morgan fingerprint density at radius 3 is 1.54 bits per heavy atom. The average Bonchev–Trinajstić information content (AvgIpc) is 2.57. The molecule has 0 fully saturated rings. The molecule has 0 aliphatic carbocycles. The number of nitrogens with one attached hydrogen (secondary N) is 2. The topological polar surface area (TPSA) is 140 Å². The minimum atomic E-state index is 0.0275. The van der Waals surface area contributed by atoms with Crippen LogP contribution >= 0.6 is 0 Å². The Morgan fingerprint density at radius 1 is 0.667 bits per heavy atom. The summed E-state index contributed by atoms with van der Waals surface area (Å²) >= 11 is 0. The zero-order chi connectivity index (χ0) is 18.0. The minimum Gasteiger partial charge on any atom is -0.356 e. The van der Waals surface area contributed by atoms with E-state index in [2.05, 4.69) is 15.5 Å². The minimum absolute atomic E-state index is 0.0275. The van der Waals surface area contributed by atoms with Gasteiger partial charge >= 0.3 is 0 Å². The number of hydrogen-bond acceptors (Lipinski definition) is 6. The molecule has 0 heterocycles. The Balaban J connectivity index is 4.07. The van der Waals surface area contributed by atoms with E-state index in [1.54, 1.807) is 0 Å². The molecule has 0 unspecified atom stereocenters. The van der Waals surface area contributed by atoms with Crippen LogP contribution in [0.5, 0.6) is 0 Å². The number of hydrogen-bond donors (Lipinski definition) is 5. The molecule has 0 aromatic heterocycles. The molecule has 2 amide bonds. The van der Waals surface area contributed by atoms with E-state index in [4.69, 9.17) is 17.2 Å². The molecule has 0 aliphatic heterocycles. The van der Waals surface area contributed by atoms with Crippen molar-refractivity contribution in [2.45, 2.75) is 38.5 Å². The van der Waals surface area contributed by atoms with Gasteiger partial charge in [-0.25, -0.2) is 0 Å². The fourth-order valence-electron chi connectivity index (χ4n) is 2.17. The standard InChI is InChI=1S/C16H36N6O2/c17-7-1-2-12-22(13-5-15(23)20-10-3-8-18)14-6-16(24)21-11-4-9-19/h1-14,17-19H2,(H,20,23)(H,21,24). The zero-order valence-electron chi connectivity index (χ0n) is 14.9. The van der Waals surface area contributed by atoms with E-state index in [1.165, 1.54) is 0 Å². The van der Waals surface area contributed by atoms with Crippen molar-refractivity contribution in [3.63, 3.8) is 0 Å². The molecule has 0 aliphatic rings. The van der Waals surface area contributed by atoms with Gasteiger partial charge in [0.1, 0.15) is 0 Å². The van der Waals surface area contributed by atoms with E-state index in [1.807, 2.05) is 0 Å². The van der Waals surface area contributed by atoms with E-state index in [9.17, 15) is 9.59 Å². The van der Waals surface area contributed by atoms with Crippen LogP contribution in [0.15, 0.2) is 0 Å². The van der Waals surface area contributed by atoms with Crippen molar-refractivity contribution >= 4 is 11.8 Å². The van der Waals surface area contributed by atoms with E-state index in [0.29, 0.717) is 58.7 Å². The maximum absolute atomic E-state index is 11.8. The number of nitrogens with two attached hydrogens (primary N) is 3. The summed E-state index contributed by atoms with van der Waals surface area (Å²) in [4.78, 5) is 25.7. The lowest BCUT2D eigenvalue weighted by Gasteiger charge is -2.21. The summed E-state index contributed by atoms with van der Waals surface area (Å²) in [6.07, 6.45) is 4.36. The molecule has 0 aromatic rings. The fourth-order valence-corrected chi connectivity index (χ4v) is 2.17. The predicted molar refractivity (Wildman–Crippen MR) is 97.3 cm³/mol. The van der Waals surface area contributed by atoms with E-state index in [0.717, 1.165) is 32.2 Å². The predicted octanol–water partition coefficient (Wildman–Crippen LogP) is -1.26. The molecule has 0 bridgehead atoms. The molecule has 8 N–H and O–H groups in total. The Labute approximate surface area is 145 Å². The van der Waals surface area contributed by atoms with Crippen molar-refractivity contribution in [1.82, 2.24) is 15.5 Å². The van der Waals surface area contributed by atoms with Gasteiger partial charge in [0.2, 0.25) is 11.8 Å². The summed E-state index contributed by atoms with van der Waals surface area (Å²) in [5.74, 6) is 0.0549. The first-order valence-corrected chi connectivity index (χ1v) is 9.00. The Hall–Kier alpha value is -1.22. The third-order valence-corrected chi connectivity index (χ3v) is 3.64. The van der Waals surface area contributed by atoms with Crippen molar-refractivity contribution in [3.05, 3.63) is 0 Å². The van der Waals surface area contributed by atoms with Crippen molar-refractivity contribution in [2.24, 2.45) is 17.2 Å². The van der Waals surface area contributed by atoms with Crippen LogP contribution in [0.1, 0.15) is 38.5 Å². The van der Waals surface area contributed by atoms with Crippen LogP contribution in [-0.2, 0) is 9.59 Å². The second kappa shape index (κ2) is 16.6. The highest BCUT2D eigenvalue weighted by Gasteiger charge is 2.10. The number of amides is 2. The zero-order valence-corrected chi connectivity index (χ0v) is 14.9. The summed E-state index contributed by atoms with van der Waals surface area (Å²) in [7, 11) is 0. The van der Waals surface area contributed by atoms with Crippen LogP contribution in [0.4, 0.5) is 0 Å². The van der Waals surface area contributed by atoms with Gasteiger partial charge in [0.15, 0.2) is 0 Å². The Bertz CT molecular complexity index is 302. The Morgan fingerprint density at radius 2 is 1.12 bits per heavy atom. The molecular formula is C16H36N6O2. The van der Waals surface area contributed by atoms with Crippen LogP contribution in [0.3, 0.4) is 0 Å². The third kappa shape index (κ3) is 14.4. The number of carbonyl (C=O) groups is 2. The van der Waals surface area contributed by atoms with Gasteiger partial charge in [-0.15, -0.1) is 0 Å². The van der Waals surface area contributed by atoms with Gasteiger partial charge in [-0.3, -0.25) is 9.59 Å². The van der Waals surface area contributed by atoms with Crippen LogP contribution in [0.2, 0.25) is 0 Å². The van der Waals surface area contributed by atoms with Crippen molar-refractivity contribution in [3.8, 4) is 0 Å². The van der Waals surface area contributed by atoms with Crippen LogP contribution < -0.4 is 27.8 Å². The monoisotopic (exact) mass is 344 g/mol. The summed E-state index contributed by atoms with van der Waals surface area (Å²) in [5.41, 5.74) is 16.3. The van der Waals surface area contributed by atoms with Crippen LogP contribution in [0.25, 0.3) is 0 Å². The van der Waals surface area contributed by atoms with E-state index >= 15 is 0 Å². The SMILES string of the molecule is NCCCCN(CCC(=O)NCCCN)CCC(=O)NCCCN. The quantitative estimate of drug-likeness (QED) is 0.221. The lowest BCUT2D eigenvalue weighted by atomic mass is 10.2. The lowest BCUT2D eigenvalue weighted by molar-refractivity contribution is -0.121. The molecule has 0 spiro atoms. The largest absolute Gasteiger partial charge is 0.356 e. The van der Waals surface area contributed by atoms with Gasteiger partial charge in [0.25, 0.3) is 0 Å². The molecule has 8 nitrogen and oxygen atoms in total. The molecule has 0 rings (SSSR count). The van der Waals surface area contributed by atoms with Gasteiger partial charge in [0.05, 0.1) is 0 Å². The first kappa shape index (κ1) is 22.8. The van der Waals surface area contributed by atoms with Crippen molar-refractivity contribution in [1.29, 1.82) is 0 Å². The van der Waals surface area contributed by atoms with Gasteiger partial charge < -0.3 is 32.7 Å². The molecule has 0 radical (unpaired) electrons. The van der Waals surface area contributed by atoms with Gasteiger partial charge in [-0.1, -0.05) is 0 Å². The summed E-state index contributed by atoms with van der Waals surface area (Å²) in [6, 6.07) is 0. The molecule has 0 atom stereocenters. The number of unbranched alkanes of at least 4 members (excludes halogenated alkanes) is 1. The fraction of sp³-hybridized carbons (Fsp3) is 0.875. The smallest absolute Gasteiger partial charge is 0.221 e. The number of carbonyl (C=O) groups excluding carboxylic acids is 2. The van der Waals surface area contributed by atoms with Crippen LogP contribution in [0, 0.1) is 0 Å². The maximum atomic E-state index is 11.8. The molecular weight excluding hydrogens is 308 g/mol. The Kier molecular flexibility index (Phi) is 15.8.